The van der Waals surface area contributed by atoms with Crippen molar-refractivity contribution < 1.29 is 18.4 Å². The Labute approximate surface area is 147 Å². The standard InChI is InChI=1S/C15H15Cl2F2N3O2/c1-8-11(7-21(2)20-8)15(23)22(24-3)13(14(18)19)10-5-4-9(16)6-12(10)17/h4-7,13-14H,1-3H3. The second-order valence-corrected chi connectivity index (χ2v) is 5.90. The van der Waals surface area contributed by atoms with Crippen molar-refractivity contribution in [1.29, 1.82) is 0 Å². The minimum absolute atomic E-state index is 0.0190. The molecular formula is C15H15Cl2F2N3O2. The fraction of sp³-hybridized carbons (Fsp3) is 0.333. The lowest BCUT2D eigenvalue weighted by atomic mass is 10.1. The normalized spacial score (nSPS) is 12.5. The molecule has 1 atom stereocenters. The summed E-state index contributed by atoms with van der Waals surface area (Å²) in [6.45, 7) is 1.60. The molecule has 0 aliphatic heterocycles. The Hall–Kier alpha value is -1.70. The van der Waals surface area contributed by atoms with E-state index in [2.05, 4.69) is 5.10 Å². The summed E-state index contributed by atoms with van der Waals surface area (Å²) in [5.41, 5.74) is 0.600. The van der Waals surface area contributed by atoms with Gasteiger partial charge in [0, 0.05) is 28.9 Å². The fourth-order valence-electron chi connectivity index (χ4n) is 2.36. The number of amides is 1. The number of hydroxylamine groups is 2. The zero-order chi connectivity index (χ0) is 18.0. The molecule has 0 aliphatic carbocycles. The molecule has 0 saturated heterocycles. The molecule has 2 rings (SSSR count). The summed E-state index contributed by atoms with van der Waals surface area (Å²) in [5.74, 6) is -0.737. The van der Waals surface area contributed by atoms with Gasteiger partial charge < -0.3 is 0 Å². The molecule has 1 amide bonds. The highest BCUT2D eigenvalue weighted by atomic mass is 35.5. The topological polar surface area (TPSA) is 47.4 Å². The molecular weight excluding hydrogens is 363 g/mol. The summed E-state index contributed by atoms with van der Waals surface area (Å²) < 4.78 is 28.8. The molecule has 5 nitrogen and oxygen atoms in total. The molecule has 9 heteroatoms. The van der Waals surface area contributed by atoms with Crippen molar-refractivity contribution in [1.82, 2.24) is 14.8 Å². The third-order valence-corrected chi connectivity index (χ3v) is 3.98. The molecule has 0 fully saturated rings. The van der Waals surface area contributed by atoms with Crippen molar-refractivity contribution in [3.8, 4) is 0 Å². The molecule has 1 aromatic heterocycles. The van der Waals surface area contributed by atoms with Crippen molar-refractivity contribution in [2.45, 2.75) is 19.4 Å². The molecule has 0 radical (unpaired) electrons. The molecule has 1 heterocycles. The summed E-state index contributed by atoms with van der Waals surface area (Å²) in [5, 5.41) is 4.96. The fourth-order valence-corrected chi connectivity index (χ4v) is 2.88. The monoisotopic (exact) mass is 377 g/mol. The van der Waals surface area contributed by atoms with E-state index in [4.69, 9.17) is 28.0 Å². The van der Waals surface area contributed by atoms with E-state index in [1.165, 1.54) is 29.1 Å². The third kappa shape index (κ3) is 3.68. The smallest absolute Gasteiger partial charge is 0.275 e. The zero-order valence-corrected chi connectivity index (χ0v) is 14.6. The van der Waals surface area contributed by atoms with E-state index in [1.54, 1.807) is 14.0 Å². The number of aryl methyl sites for hydroxylation is 2. The maximum Gasteiger partial charge on any atom is 0.281 e. The van der Waals surface area contributed by atoms with E-state index in [0.29, 0.717) is 15.8 Å². The maximum atomic E-state index is 13.7. The van der Waals surface area contributed by atoms with Crippen molar-refractivity contribution in [2.75, 3.05) is 7.11 Å². The number of halogens is 4. The summed E-state index contributed by atoms with van der Waals surface area (Å²) in [6, 6.07) is 2.41. The molecule has 1 aromatic carbocycles. The molecule has 0 bridgehead atoms. The zero-order valence-electron chi connectivity index (χ0n) is 13.1. The Morgan fingerprint density at radius 1 is 1.38 bits per heavy atom. The number of carbonyl (C=O) groups excluding carboxylic acids is 1. The number of aromatic nitrogens is 2. The lowest BCUT2D eigenvalue weighted by Crippen LogP contribution is -2.38. The van der Waals surface area contributed by atoms with Gasteiger partial charge in [-0.1, -0.05) is 29.3 Å². The predicted octanol–water partition coefficient (Wildman–Crippen LogP) is 4.05. The minimum atomic E-state index is -2.93. The molecule has 24 heavy (non-hydrogen) atoms. The average molecular weight is 378 g/mol. The molecule has 130 valence electrons. The van der Waals surface area contributed by atoms with Crippen molar-refractivity contribution in [3.05, 3.63) is 51.3 Å². The first-order chi connectivity index (χ1) is 11.3. The Morgan fingerprint density at radius 2 is 2.04 bits per heavy atom. The van der Waals surface area contributed by atoms with Crippen molar-refractivity contribution in [2.24, 2.45) is 7.05 Å². The number of rotatable bonds is 5. The van der Waals surface area contributed by atoms with E-state index in [0.717, 1.165) is 7.11 Å². The summed E-state index contributed by atoms with van der Waals surface area (Å²) in [7, 11) is 2.77. The van der Waals surface area contributed by atoms with Crippen LogP contribution in [0.5, 0.6) is 0 Å². The van der Waals surface area contributed by atoms with Crippen molar-refractivity contribution in [3.63, 3.8) is 0 Å². The lowest BCUT2D eigenvalue weighted by Gasteiger charge is -2.29. The van der Waals surface area contributed by atoms with Gasteiger partial charge in [0.05, 0.1) is 18.4 Å². The van der Waals surface area contributed by atoms with Crippen LogP contribution in [0.2, 0.25) is 10.0 Å². The van der Waals surface area contributed by atoms with Gasteiger partial charge in [0.15, 0.2) is 0 Å². The van der Waals surface area contributed by atoms with Crippen LogP contribution in [0.3, 0.4) is 0 Å². The molecule has 0 spiro atoms. The summed E-state index contributed by atoms with van der Waals surface area (Å²) in [6.07, 6.45) is -1.49. The van der Waals surface area contributed by atoms with Gasteiger partial charge in [-0.25, -0.2) is 13.8 Å². The first-order valence-corrected chi connectivity index (χ1v) is 7.62. The van der Waals surface area contributed by atoms with Gasteiger partial charge in [-0.15, -0.1) is 0 Å². The molecule has 2 aromatic rings. The van der Waals surface area contributed by atoms with Crippen LogP contribution < -0.4 is 0 Å². The van der Waals surface area contributed by atoms with E-state index in [9.17, 15) is 13.6 Å². The highest BCUT2D eigenvalue weighted by Crippen LogP contribution is 2.35. The number of benzene rings is 1. The highest BCUT2D eigenvalue weighted by Gasteiger charge is 2.36. The minimum Gasteiger partial charge on any atom is -0.275 e. The van der Waals surface area contributed by atoms with Crippen LogP contribution in [0.4, 0.5) is 8.78 Å². The van der Waals surface area contributed by atoms with E-state index >= 15 is 0 Å². The number of hydrogen-bond donors (Lipinski definition) is 0. The van der Waals surface area contributed by atoms with Crippen LogP contribution in [-0.2, 0) is 11.9 Å². The van der Waals surface area contributed by atoms with Gasteiger partial charge >= 0.3 is 0 Å². The molecule has 0 N–H and O–H groups in total. The molecule has 1 unspecified atom stereocenters. The van der Waals surface area contributed by atoms with Crippen LogP contribution in [0.15, 0.2) is 24.4 Å². The SMILES string of the molecule is CON(C(=O)c1cn(C)nc1C)C(c1ccc(Cl)cc1Cl)C(F)F. The van der Waals surface area contributed by atoms with Crippen LogP contribution in [-0.4, -0.2) is 34.3 Å². The Morgan fingerprint density at radius 3 is 2.50 bits per heavy atom. The number of alkyl halides is 2. The highest BCUT2D eigenvalue weighted by molar-refractivity contribution is 6.35. The predicted molar refractivity (Wildman–Crippen MR) is 86.3 cm³/mol. The van der Waals surface area contributed by atoms with Crippen LogP contribution in [0, 0.1) is 6.92 Å². The first kappa shape index (κ1) is 18.6. The second kappa shape index (κ2) is 7.46. The molecule has 0 aliphatic rings. The number of carbonyl (C=O) groups is 1. The Balaban J connectivity index is 2.47. The van der Waals surface area contributed by atoms with Gasteiger partial charge in [0.1, 0.15) is 6.04 Å². The van der Waals surface area contributed by atoms with Gasteiger partial charge in [-0.2, -0.15) is 5.10 Å². The quantitative estimate of drug-likeness (QED) is 0.738. The van der Waals surface area contributed by atoms with Gasteiger partial charge in [-0.3, -0.25) is 14.3 Å². The number of hydrogen-bond acceptors (Lipinski definition) is 3. The van der Waals surface area contributed by atoms with Crippen LogP contribution in [0.25, 0.3) is 0 Å². The summed E-state index contributed by atoms with van der Waals surface area (Å²) >= 11 is 11.8. The maximum absolute atomic E-state index is 13.7. The first-order valence-electron chi connectivity index (χ1n) is 6.87. The Bertz CT molecular complexity index is 752. The van der Waals surface area contributed by atoms with Gasteiger partial charge in [0.2, 0.25) is 0 Å². The van der Waals surface area contributed by atoms with E-state index in [-0.39, 0.29) is 16.1 Å². The lowest BCUT2D eigenvalue weighted by molar-refractivity contribution is -0.156. The number of nitrogens with zero attached hydrogens (tertiary/aromatic N) is 3. The Kier molecular flexibility index (Phi) is 5.79. The molecule has 0 saturated carbocycles. The summed E-state index contributed by atoms with van der Waals surface area (Å²) in [4.78, 5) is 17.6. The van der Waals surface area contributed by atoms with Gasteiger partial charge in [0.25, 0.3) is 12.3 Å². The van der Waals surface area contributed by atoms with Crippen LogP contribution >= 0.6 is 23.2 Å². The van der Waals surface area contributed by atoms with Crippen molar-refractivity contribution >= 4 is 29.1 Å². The van der Waals surface area contributed by atoms with E-state index in [1.807, 2.05) is 0 Å². The third-order valence-electron chi connectivity index (χ3n) is 3.41. The second-order valence-electron chi connectivity index (χ2n) is 5.06. The van der Waals surface area contributed by atoms with Gasteiger partial charge in [-0.05, 0) is 19.1 Å². The van der Waals surface area contributed by atoms with Crippen LogP contribution in [0.1, 0.15) is 27.7 Å². The average Bonchev–Trinajstić information content (AvgIpc) is 2.83. The van der Waals surface area contributed by atoms with E-state index < -0.39 is 18.4 Å². The largest absolute Gasteiger partial charge is 0.281 e.